The molecule has 2 heteroatoms. The van der Waals surface area contributed by atoms with Crippen LogP contribution in [-0.2, 0) is 11.3 Å². The van der Waals surface area contributed by atoms with Gasteiger partial charge in [0.25, 0.3) is 0 Å². The van der Waals surface area contributed by atoms with E-state index in [1.165, 1.54) is 36.8 Å². The number of rotatable bonds is 2. The molecule has 1 aromatic carbocycles. The van der Waals surface area contributed by atoms with E-state index in [1.54, 1.807) is 0 Å². The summed E-state index contributed by atoms with van der Waals surface area (Å²) in [6, 6.07) is 9.77. The summed E-state index contributed by atoms with van der Waals surface area (Å²) in [4.78, 5) is 0. The van der Waals surface area contributed by atoms with Crippen LogP contribution < -0.4 is 5.32 Å². The van der Waals surface area contributed by atoms with E-state index in [0.29, 0.717) is 12.1 Å². The summed E-state index contributed by atoms with van der Waals surface area (Å²) < 4.78 is 5.66. The number of nitrogens with one attached hydrogen (secondary N) is 1. The fourth-order valence-electron chi connectivity index (χ4n) is 2.90. The fourth-order valence-corrected chi connectivity index (χ4v) is 2.90. The molecule has 1 aliphatic heterocycles. The molecule has 3 rings (SSSR count). The highest BCUT2D eigenvalue weighted by Crippen LogP contribution is 2.27. The lowest BCUT2D eigenvalue weighted by Crippen LogP contribution is -2.35. The summed E-state index contributed by atoms with van der Waals surface area (Å²) in [6.45, 7) is 1.60. The summed E-state index contributed by atoms with van der Waals surface area (Å²) in [5.41, 5.74) is 2.80. The summed E-state index contributed by atoms with van der Waals surface area (Å²) >= 11 is 0. The Labute approximate surface area is 97.0 Å². The van der Waals surface area contributed by atoms with Crippen LogP contribution in [0.15, 0.2) is 24.3 Å². The van der Waals surface area contributed by atoms with Crippen LogP contribution in [0.1, 0.15) is 42.9 Å². The Hall–Kier alpha value is -0.860. The van der Waals surface area contributed by atoms with Crippen molar-refractivity contribution in [1.29, 1.82) is 0 Å². The molecule has 86 valence electrons. The van der Waals surface area contributed by atoms with Crippen LogP contribution in [0.25, 0.3) is 0 Å². The van der Waals surface area contributed by atoms with E-state index in [1.807, 2.05) is 0 Å². The summed E-state index contributed by atoms with van der Waals surface area (Å²) in [5.74, 6) is 0. The molecule has 1 unspecified atom stereocenters. The first-order valence-corrected chi connectivity index (χ1v) is 6.35. The lowest BCUT2D eigenvalue weighted by atomic mass is 9.98. The van der Waals surface area contributed by atoms with Crippen LogP contribution in [-0.4, -0.2) is 12.6 Å². The Kier molecular flexibility index (Phi) is 2.94. The number of hydrogen-bond acceptors (Lipinski definition) is 2. The lowest BCUT2D eigenvalue weighted by Gasteiger charge is -2.29. The van der Waals surface area contributed by atoms with Gasteiger partial charge in [0.05, 0.1) is 19.3 Å². The quantitative estimate of drug-likeness (QED) is 0.822. The monoisotopic (exact) mass is 217 g/mol. The number of hydrogen-bond donors (Lipinski definition) is 1. The predicted octanol–water partition coefficient (Wildman–Crippen LogP) is 2.79. The third-order valence-electron chi connectivity index (χ3n) is 3.76. The molecule has 1 heterocycles. The second kappa shape index (κ2) is 4.56. The highest BCUT2D eigenvalue weighted by molar-refractivity contribution is 5.31. The second-order valence-corrected chi connectivity index (χ2v) is 4.91. The van der Waals surface area contributed by atoms with Gasteiger partial charge in [0.2, 0.25) is 0 Å². The Morgan fingerprint density at radius 3 is 2.81 bits per heavy atom. The van der Waals surface area contributed by atoms with Crippen molar-refractivity contribution in [2.75, 3.05) is 6.61 Å². The van der Waals surface area contributed by atoms with Gasteiger partial charge in [0.1, 0.15) is 0 Å². The predicted molar refractivity (Wildman–Crippen MR) is 64.2 cm³/mol. The average molecular weight is 217 g/mol. The smallest absolute Gasteiger partial charge is 0.0721 e. The van der Waals surface area contributed by atoms with Crippen LogP contribution in [0, 0.1) is 0 Å². The Balaban J connectivity index is 1.76. The molecular formula is C14H19NO. The molecule has 1 fully saturated rings. The highest BCUT2D eigenvalue weighted by Gasteiger charge is 2.24. The SMILES string of the molecule is c1ccc2c(c1)COCC2NC1CCCC1. The van der Waals surface area contributed by atoms with E-state index >= 15 is 0 Å². The molecule has 16 heavy (non-hydrogen) atoms. The average Bonchev–Trinajstić information content (AvgIpc) is 2.82. The third kappa shape index (κ3) is 2.00. The molecule has 2 nitrogen and oxygen atoms in total. The van der Waals surface area contributed by atoms with Crippen LogP contribution in [0.2, 0.25) is 0 Å². The van der Waals surface area contributed by atoms with Gasteiger partial charge in [-0.3, -0.25) is 0 Å². The zero-order valence-electron chi connectivity index (χ0n) is 9.61. The van der Waals surface area contributed by atoms with Gasteiger partial charge in [-0.05, 0) is 24.0 Å². The number of benzene rings is 1. The maximum absolute atomic E-state index is 5.66. The van der Waals surface area contributed by atoms with Crippen molar-refractivity contribution in [3.8, 4) is 0 Å². The maximum Gasteiger partial charge on any atom is 0.0721 e. The van der Waals surface area contributed by atoms with E-state index in [0.717, 1.165) is 13.2 Å². The third-order valence-corrected chi connectivity index (χ3v) is 3.76. The van der Waals surface area contributed by atoms with Crippen molar-refractivity contribution in [2.24, 2.45) is 0 Å². The molecule has 1 aliphatic carbocycles. The maximum atomic E-state index is 5.66. The van der Waals surface area contributed by atoms with Gasteiger partial charge in [-0.2, -0.15) is 0 Å². The zero-order chi connectivity index (χ0) is 10.8. The Morgan fingerprint density at radius 2 is 1.94 bits per heavy atom. The van der Waals surface area contributed by atoms with Crippen molar-refractivity contribution in [1.82, 2.24) is 5.32 Å². The fraction of sp³-hybridized carbons (Fsp3) is 0.571. The molecule has 0 spiro atoms. The van der Waals surface area contributed by atoms with Gasteiger partial charge in [-0.1, -0.05) is 37.1 Å². The Morgan fingerprint density at radius 1 is 1.12 bits per heavy atom. The normalized spacial score (nSPS) is 25.6. The minimum Gasteiger partial charge on any atom is -0.375 e. The second-order valence-electron chi connectivity index (χ2n) is 4.91. The molecule has 1 atom stereocenters. The Bertz CT molecular complexity index is 358. The topological polar surface area (TPSA) is 21.3 Å². The van der Waals surface area contributed by atoms with Crippen LogP contribution in [0.5, 0.6) is 0 Å². The molecule has 0 radical (unpaired) electrons. The van der Waals surface area contributed by atoms with Gasteiger partial charge in [-0.15, -0.1) is 0 Å². The zero-order valence-corrected chi connectivity index (χ0v) is 9.61. The van der Waals surface area contributed by atoms with E-state index < -0.39 is 0 Å². The van der Waals surface area contributed by atoms with E-state index in [2.05, 4.69) is 29.6 Å². The highest BCUT2D eigenvalue weighted by atomic mass is 16.5. The largest absolute Gasteiger partial charge is 0.375 e. The molecule has 0 bridgehead atoms. The first-order chi connectivity index (χ1) is 7.93. The van der Waals surface area contributed by atoms with Crippen LogP contribution in [0.3, 0.4) is 0 Å². The van der Waals surface area contributed by atoms with Crippen LogP contribution in [0.4, 0.5) is 0 Å². The molecular weight excluding hydrogens is 198 g/mol. The molecule has 1 N–H and O–H groups in total. The standard InChI is InChI=1S/C14H19NO/c1-4-8-13-11(5-1)9-16-10-14(13)15-12-6-2-3-7-12/h1,4-5,8,12,14-15H,2-3,6-7,9-10H2. The summed E-state index contributed by atoms with van der Waals surface area (Å²) in [6.07, 6.45) is 5.43. The van der Waals surface area contributed by atoms with Gasteiger partial charge >= 0.3 is 0 Å². The van der Waals surface area contributed by atoms with E-state index in [4.69, 9.17) is 4.74 Å². The first kappa shape index (κ1) is 10.3. The summed E-state index contributed by atoms with van der Waals surface area (Å²) in [5, 5.41) is 3.75. The van der Waals surface area contributed by atoms with Crippen molar-refractivity contribution in [3.63, 3.8) is 0 Å². The van der Waals surface area contributed by atoms with Crippen molar-refractivity contribution in [3.05, 3.63) is 35.4 Å². The van der Waals surface area contributed by atoms with E-state index in [9.17, 15) is 0 Å². The van der Waals surface area contributed by atoms with Gasteiger partial charge < -0.3 is 10.1 Å². The van der Waals surface area contributed by atoms with Crippen molar-refractivity contribution >= 4 is 0 Å². The van der Waals surface area contributed by atoms with Gasteiger partial charge in [-0.25, -0.2) is 0 Å². The van der Waals surface area contributed by atoms with E-state index in [-0.39, 0.29) is 0 Å². The van der Waals surface area contributed by atoms with Crippen molar-refractivity contribution in [2.45, 2.75) is 44.4 Å². The number of fused-ring (bicyclic) bond motifs is 1. The van der Waals surface area contributed by atoms with Gasteiger partial charge in [0, 0.05) is 6.04 Å². The minimum atomic E-state index is 0.410. The molecule has 0 amide bonds. The van der Waals surface area contributed by atoms with Gasteiger partial charge in [0.15, 0.2) is 0 Å². The van der Waals surface area contributed by atoms with Crippen molar-refractivity contribution < 1.29 is 4.74 Å². The minimum absolute atomic E-state index is 0.410. The molecule has 0 aromatic heterocycles. The number of ether oxygens (including phenoxy) is 1. The summed E-state index contributed by atoms with van der Waals surface area (Å²) in [7, 11) is 0. The first-order valence-electron chi connectivity index (χ1n) is 6.35. The molecule has 1 aromatic rings. The molecule has 2 aliphatic rings. The molecule has 0 saturated heterocycles. The lowest BCUT2D eigenvalue weighted by molar-refractivity contribution is 0.0786. The molecule has 1 saturated carbocycles. The van der Waals surface area contributed by atoms with Crippen LogP contribution >= 0.6 is 0 Å².